The van der Waals surface area contributed by atoms with Crippen LogP contribution in [0.1, 0.15) is 43.7 Å². The van der Waals surface area contributed by atoms with Gasteiger partial charge in [0.15, 0.2) is 6.54 Å². The molecule has 138 valence electrons. The van der Waals surface area contributed by atoms with Crippen LogP contribution in [0.4, 0.5) is 5.69 Å². The number of aryl methyl sites for hydroxylation is 1. The molecule has 3 rings (SSSR count). The first-order chi connectivity index (χ1) is 12.0. The summed E-state index contributed by atoms with van der Waals surface area (Å²) in [7, 11) is 0. The van der Waals surface area contributed by atoms with Crippen molar-refractivity contribution in [3.05, 3.63) is 29.3 Å². The second-order valence-electron chi connectivity index (χ2n) is 8.07. The van der Waals surface area contributed by atoms with Crippen molar-refractivity contribution in [3.8, 4) is 0 Å². The minimum absolute atomic E-state index is 0.244. The lowest BCUT2D eigenvalue weighted by Crippen LogP contribution is -3.16. The number of nitrogens with one attached hydrogen (secondary N) is 2. The molecule has 1 aliphatic carbocycles. The highest BCUT2D eigenvalue weighted by Crippen LogP contribution is 2.24. The summed E-state index contributed by atoms with van der Waals surface area (Å²) in [6.07, 6.45) is 4.99. The normalized spacial score (nSPS) is 25.0. The van der Waals surface area contributed by atoms with Crippen molar-refractivity contribution in [1.29, 1.82) is 0 Å². The van der Waals surface area contributed by atoms with E-state index in [9.17, 15) is 4.79 Å². The van der Waals surface area contributed by atoms with E-state index < -0.39 is 0 Å². The SMILES string of the molecule is Cc1cccc(N2CC[NH+](CC(=O)N[C@H]3CCCC[C@@H]3C)CC2)c1C. The van der Waals surface area contributed by atoms with E-state index in [2.05, 4.69) is 49.2 Å². The van der Waals surface area contributed by atoms with E-state index >= 15 is 0 Å². The fourth-order valence-electron chi connectivity index (χ4n) is 4.33. The summed E-state index contributed by atoms with van der Waals surface area (Å²) in [5.74, 6) is 0.878. The van der Waals surface area contributed by atoms with Crippen molar-refractivity contribution in [2.24, 2.45) is 5.92 Å². The Morgan fingerprint density at radius 3 is 2.64 bits per heavy atom. The van der Waals surface area contributed by atoms with Gasteiger partial charge in [0.2, 0.25) is 0 Å². The molecule has 2 N–H and O–H groups in total. The molecule has 2 aliphatic rings. The highest BCUT2D eigenvalue weighted by Gasteiger charge is 2.26. The number of piperazine rings is 1. The maximum atomic E-state index is 12.4. The van der Waals surface area contributed by atoms with Crippen LogP contribution in [0.2, 0.25) is 0 Å². The van der Waals surface area contributed by atoms with Crippen LogP contribution in [0, 0.1) is 19.8 Å². The van der Waals surface area contributed by atoms with E-state index in [4.69, 9.17) is 0 Å². The van der Waals surface area contributed by atoms with Crippen molar-refractivity contribution in [3.63, 3.8) is 0 Å². The zero-order chi connectivity index (χ0) is 17.8. The molecule has 0 unspecified atom stereocenters. The van der Waals surface area contributed by atoms with Crippen LogP contribution in [0.5, 0.6) is 0 Å². The Hall–Kier alpha value is -1.55. The minimum atomic E-state index is 0.244. The number of hydrogen-bond acceptors (Lipinski definition) is 2. The van der Waals surface area contributed by atoms with E-state index in [0.29, 0.717) is 18.5 Å². The Morgan fingerprint density at radius 1 is 1.20 bits per heavy atom. The molecule has 1 saturated heterocycles. The molecule has 4 nitrogen and oxygen atoms in total. The monoisotopic (exact) mass is 344 g/mol. The first-order valence-corrected chi connectivity index (χ1v) is 9.98. The molecule has 0 spiro atoms. The summed E-state index contributed by atoms with van der Waals surface area (Å²) in [6.45, 7) is 11.4. The van der Waals surface area contributed by atoms with Gasteiger partial charge in [-0.15, -0.1) is 0 Å². The third-order valence-electron chi connectivity index (χ3n) is 6.26. The number of anilines is 1. The molecule has 25 heavy (non-hydrogen) atoms. The van der Waals surface area contributed by atoms with E-state index in [1.54, 1.807) is 0 Å². The van der Waals surface area contributed by atoms with Crippen molar-refractivity contribution >= 4 is 11.6 Å². The van der Waals surface area contributed by atoms with Crippen molar-refractivity contribution < 1.29 is 9.69 Å². The molecule has 1 aliphatic heterocycles. The second-order valence-corrected chi connectivity index (χ2v) is 8.07. The van der Waals surface area contributed by atoms with Crippen molar-refractivity contribution in [1.82, 2.24) is 5.32 Å². The molecule has 1 aromatic rings. The predicted octanol–water partition coefficient (Wildman–Crippen LogP) is 1.70. The third-order valence-corrected chi connectivity index (χ3v) is 6.26. The van der Waals surface area contributed by atoms with Crippen LogP contribution < -0.4 is 15.1 Å². The Bertz CT molecular complexity index is 593. The van der Waals surface area contributed by atoms with E-state index in [0.717, 1.165) is 32.6 Å². The number of amides is 1. The van der Waals surface area contributed by atoms with E-state index in [1.807, 2.05) is 0 Å². The Balaban J connectivity index is 1.47. The number of quaternary nitrogens is 1. The maximum Gasteiger partial charge on any atom is 0.275 e. The van der Waals surface area contributed by atoms with Crippen molar-refractivity contribution in [2.45, 2.75) is 52.5 Å². The number of benzene rings is 1. The van der Waals surface area contributed by atoms with Crippen LogP contribution in [-0.4, -0.2) is 44.7 Å². The highest BCUT2D eigenvalue weighted by atomic mass is 16.2. The minimum Gasteiger partial charge on any atom is -0.360 e. The number of nitrogens with zero attached hydrogens (tertiary/aromatic N) is 1. The Kier molecular flexibility index (Phi) is 6.00. The molecule has 1 heterocycles. The van der Waals surface area contributed by atoms with Gasteiger partial charge in [-0.2, -0.15) is 0 Å². The van der Waals surface area contributed by atoms with E-state index in [-0.39, 0.29) is 5.91 Å². The first-order valence-electron chi connectivity index (χ1n) is 9.98. The first kappa shape index (κ1) is 18.2. The summed E-state index contributed by atoms with van der Waals surface area (Å²) in [4.78, 5) is 16.3. The molecule has 0 aromatic heterocycles. The Morgan fingerprint density at radius 2 is 1.92 bits per heavy atom. The fraction of sp³-hybridized carbons (Fsp3) is 0.667. The van der Waals surface area contributed by atoms with Gasteiger partial charge < -0.3 is 15.1 Å². The average molecular weight is 345 g/mol. The van der Waals surface area contributed by atoms with Gasteiger partial charge in [-0.25, -0.2) is 0 Å². The Labute approximate surface area is 152 Å². The van der Waals surface area contributed by atoms with Gasteiger partial charge in [-0.3, -0.25) is 4.79 Å². The van der Waals surface area contributed by atoms with Crippen LogP contribution in [0.15, 0.2) is 18.2 Å². The molecule has 1 saturated carbocycles. The lowest BCUT2D eigenvalue weighted by molar-refractivity contribution is -0.892. The number of hydrogen-bond donors (Lipinski definition) is 2. The molecular formula is C21H34N3O+. The molecule has 0 bridgehead atoms. The number of carbonyl (C=O) groups is 1. The van der Waals surface area contributed by atoms with Crippen LogP contribution in [0.25, 0.3) is 0 Å². The number of carbonyl (C=O) groups excluding carboxylic acids is 1. The highest BCUT2D eigenvalue weighted by molar-refractivity contribution is 5.77. The van der Waals surface area contributed by atoms with Gasteiger partial charge in [-0.05, 0) is 49.8 Å². The summed E-state index contributed by atoms with van der Waals surface area (Å²) < 4.78 is 0. The van der Waals surface area contributed by atoms with Crippen molar-refractivity contribution in [2.75, 3.05) is 37.6 Å². The van der Waals surface area contributed by atoms with Gasteiger partial charge in [0.25, 0.3) is 5.91 Å². The van der Waals surface area contributed by atoms with Gasteiger partial charge in [0.05, 0.1) is 26.2 Å². The van der Waals surface area contributed by atoms with Gasteiger partial charge >= 0.3 is 0 Å². The largest absolute Gasteiger partial charge is 0.360 e. The zero-order valence-corrected chi connectivity index (χ0v) is 16.1. The van der Waals surface area contributed by atoms with E-state index in [1.165, 1.54) is 41.0 Å². The van der Waals surface area contributed by atoms with Crippen LogP contribution in [0.3, 0.4) is 0 Å². The topological polar surface area (TPSA) is 36.8 Å². The van der Waals surface area contributed by atoms with Gasteiger partial charge in [0, 0.05) is 11.7 Å². The number of rotatable bonds is 4. The average Bonchev–Trinajstić information content (AvgIpc) is 2.60. The molecule has 4 heteroatoms. The fourth-order valence-corrected chi connectivity index (χ4v) is 4.33. The third kappa shape index (κ3) is 4.55. The summed E-state index contributed by atoms with van der Waals surface area (Å²) >= 11 is 0. The molecule has 2 fully saturated rings. The van der Waals surface area contributed by atoms with Crippen LogP contribution >= 0.6 is 0 Å². The molecule has 1 aromatic carbocycles. The smallest absolute Gasteiger partial charge is 0.275 e. The summed E-state index contributed by atoms with van der Waals surface area (Å²) in [5.41, 5.74) is 4.10. The summed E-state index contributed by atoms with van der Waals surface area (Å²) in [5, 5.41) is 3.30. The maximum absolute atomic E-state index is 12.4. The molecule has 1 amide bonds. The molecular weight excluding hydrogens is 310 g/mol. The zero-order valence-electron chi connectivity index (χ0n) is 16.1. The predicted molar refractivity (Wildman–Crippen MR) is 103 cm³/mol. The van der Waals surface area contributed by atoms with Gasteiger partial charge in [0.1, 0.15) is 0 Å². The molecule has 2 atom stereocenters. The standard InChI is InChI=1S/C21H33N3O/c1-16-8-6-10-20(18(16)3)24-13-11-23(12-14-24)15-21(25)22-19-9-5-4-7-17(19)2/h6,8,10,17,19H,4-5,7,9,11-15H2,1-3H3,(H,22,25)/p+1/t17-,19-/m0/s1. The second kappa shape index (κ2) is 8.22. The molecule has 0 radical (unpaired) electrons. The van der Waals surface area contributed by atoms with Crippen LogP contribution in [-0.2, 0) is 4.79 Å². The lowest BCUT2D eigenvalue weighted by Gasteiger charge is -2.35. The lowest BCUT2D eigenvalue weighted by atomic mass is 9.86. The summed E-state index contributed by atoms with van der Waals surface area (Å²) in [6, 6.07) is 6.95. The van der Waals surface area contributed by atoms with Gasteiger partial charge in [-0.1, -0.05) is 31.9 Å². The quantitative estimate of drug-likeness (QED) is 0.872.